The molecule has 2 rings (SSSR count). The average molecular weight is 232 g/mol. The SMILES string of the molecule is CC(CN)c1cc2c(O)cccc2n1C(C)C. The fourth-order valence-corrected chi connectivity index (χ4v) is 2.33. The Bertz CT molecular complexity index is 528. The van der Waals surface area contributed by atoms with Crippen LogP contribution in [-0.2, 0) is 0 Å². The van der Waals surface area contributed by atoms with Gasteiger partial charge in [0.25, 0.3) is 0 Å². The van der Waals surface area contributed by atoms with Crippen LogP contribution in [0.15, 0.2) is 24.3 Å². The lowest BCUT2D eigenvalue weighted by atomic mass is 10.1. The van der Waals surface area contributed by atoms with Crippen LogP contribution in [0.4, 0.5) is 0 Å². The molecule has 1 unspecified atom stereocenters. The van der Waals surface area contributed by atoms with Gasteiger partial charge in [-0.15, -0.1) is 0 Å². The first kappa shape index (κ1) is 12.0. The molecule has 2 aromatic rings. The summed E-state index contributed by atoms with van der Waals surface area (Å²) in [6, 6.07) is 8.07. The summed E-state index contributed by atoms with van der Waals surface area (Å²) in [7, 11) is 0. The quantitative estimate of drug-likeness (QED) is 0.854. The maximum absolute atomic E-state index is 9.90. The summed E-state index contributed by atoms with van der Waals surface area (Å²) in [6.07, 6.45) is 0. The van der Waals surface area contributed by atoms with Crippen LogP contribution >= 0.6 is 0 Å². The molecule has 0 bridgehead atoms. The fourth-order valence-electron chi connectivity index (χ4n) is 2.33. The molecule has 1 heterocycles. The summed E-state index contributed by atoms with van der Waals surface area (Å²) in [4.78, 5) is 0. The van der Waals surface area contributed by atoms with Gasteiger partial charge in [0.2, 0.25) is 0 Å². The molecule has 0 radical (unpaired) electrons. The Morgan fingerprint density at radius 2 is 2.00 bits per heavy atom. The van der Waals surface area contributed by atoms with Crippen LogP contribution < -0.4 is 5.73 Å². The molecule has 3 heteroatoms. The molecule has 3 N–H and O–H groups in total. The highest BCUT2D eigenvalue weighted by atomic mass is 16.3. The van der Waals surface area contributed by atoms with E-state index in [0.717, 1.165) is 10.9 Å². The number of phenols is 1. The molecule has 1 aromatic carbocycles. The van der Waals surface area contributed by atoms with Crippen LogP contribution in [-0.4, -0.2) is 16.2 Å². The van der Waals surface area contributed by atoms with E-state index in [-0.39, 0.29) is 0 Å². The molecule has 17 heavy (non-hydrogen) atoms. The van der Waals surface area contributed by atoms with Crippen LogP contribution in [0.3, 0.4) is 0 Å². The van der Waals surface area contributed by atoms with Gasteiger partial charge in [-0.25, -0.2) is 0 Å². The molecular formula is C14H20N2O. The van der Waals surface area contributed by atoms with E-state index < -0.39 is 0 Å². The van der Waals surface area contributed by atoms with E-state index in [2.05, 4.69) is 31.4 Å². The number of hydrogen-bond acceptors (Lipinski definition) is 2. The maximum Gasteiger partial charge on any atom is 0.124 e. The summed E-state index contributed by atoms with van der Waals surface area (Å²) in [6.45, 7) is 7.03. The molecule has 1 atom stereocenters. The Morgan fingerprint density at radius 3 is 2.59 bits per heavy atom. The third-order valence-corrected chi connectivity index (χ3v) is 3.26. The number of hydrogen-bond donors (Lipinski definition) is 2. The highest BCUT2D eigenvalue weighted by molar-refractivity contribution is 5.87. The zero-order chi connectivity index (χ0) is 12.6. The average Bonchev–Trinajstić information content (AvgIpc) is 2.68. The molecule has 3 nitrogen and oxygen atoms in total. The van der Waals surface area contributed by atoms with Crippen molar-refractivity contribution in [3.05, 3.63) is 30.0 Å². The molecule has 0 saturated heterocycles. The van der Waals surface area contributed by atoms with E-state index in [4.69, 9.17) is 5.73 Å². The lowest BCUT2D eigenvalue weighted by Crippen LogP contribution is -2.14. The molecule has 0 aliphatic rings. The van der Waals surface area contributed by atoms with Crippen molar-refractivity contribution in [1.29, 1.82) is 0 Å². The second-order valence-corrected chi connectivity index (χ2v) is 4.88. The molecule has 1 aromatic heterocycles. The van der Waals surface area contributed by atoms with Gasteiger partial charge in [-0.3, -0.25) is 0 Å². The van der Waals surface area contributed by atoms with E-state index in [9.17, 15) is 5.11 Å². The molecular weight excluding hydrogens is 212 g/mol. The van der Waals surface area contributed by atoms with Crippen LogP contribution in [0, 0.1) is 0 Å². The Balaban J connectivity index is 2.75. The fraction of sp³-hybridized carbons (Fsp3) is 0.429. The number of aromatic hydroxyl groups is 1. The molecule has 0 spiro atoms. The zero-order valence-electron chi connectivity index (χ0n) is 10.6. The van der Waals surface area contributed by atoms with Gasteiger partial charge >= 0.3 is 0 Å². The lowest BCUT2D eigenvalue weighted by Gasteiger charge is -2.18. The monoisotopic (exact) mass is 232 g/mol. The van der Waals surface area contributed by atoms with Crippen molar-refractivity contribution in [2.45, 2.75) is 32.7 Å². The first-order valence-corrected chi connectivity index (χ1v) is 6.09. The number of fused-ring (bicyclic) bond motifs is 1. The summed E-state index contributed by atoms with van der Waals surface area (Å²) < 4.78 is 2.26. The first-order chi connectivity index (χ1) is 8.06. The number of aromatic nitrogens is 1. The van der Waals surface area contributed by atoms with Crippen molar-refractivity contribution in [1.82, 2.24) is 4.57 Å². The number of benzene rings is 1. The molecule has 92 valence electrons. The largest absolute Gasteiger partial charge is 0.507 e. The second kappa shape index (κ2) is 4.41. The van der Waals surface area contributed by atoms with Crippen LogP contribution in [0.2, 0.25) is 0 Å². The van der Waals surface area contributed by atoms with Gasteiger partial charge in [0.15, 0.2) is 0 Å². The number of rotatable bonds is 3. The van der Waals surface area contributed by atoms with Crippen molar-refractivity contribution < 1.29 is 5.11 Å². The van der Waals surface area contributed by atoms with Crippen molar-refractivity contribution >= 4 is 10.9 Å². The second-order valence-electron chi connectivity index (χ2n) is 4.88. The summed E-state index contributed by atoms with van der Waals surface area (Å²) in [5.74, 6) is 0.636. The van der Waals surface area contributed by atoms with Gasteiger partial charge in [-0.05, 0) is 32.0 Å². The Labute approximate surface area is 102 Å². The zero-order valence-corrected chi connectivity index (χ0v) is 10.6. The van der Waals surface area contributed by atoms with Crippen molar-refractivity contribution in [3.63, 3.8) is 0 Å². The molecule has 0 aliphatic carbocycles. The summed E-state index contributed by atoms with van der Waals surface area (Å²) in [5, 5.41) is 10.8. The molecule has 0 aliphatic heterocycles. The van der Waals surface area contributed by atoms with Crippen molar-refractivity contribution in [3.8, 4) is 5.75 Å². The predicted molar refractivity (Wildman–Crippen MR) is 71.5 cm³/mol. The van der Waals surface area contributed by atoms with Gasteiger partial charge in [0.05, 0.1) is 5.52 Å². The van der Waals surface area contributed by atoms with Gasteiger partial charge in [0.1, 0.15) is 5.75 Å². The maximum atomic E-state index is 9.90. The minimum Gasteiger partial charge on any atom is -0.507 e. The standard InChI is InChI=1S/C14H20N2O/c1-9(2)16-12-5-4-6-14(17)11(12)7-13(16)10(3)8-15/h4-7,9-10,17H,8,15H2,1-3H3. The smallest absolute Gasteiger partial charge is 0.124 e. The van der Waals surface area contributed by atoms with Gasteiger partial charge in [-0.2, -0.15) is 0 Å². The predicted octanol–water partition coefficient (Wildman–Crippen LogP) is 2.99. The minimum absolute atomic E-state index is 0.296. The number of phenolic OH excluding ortho intramolecular Hbond substituents is 1. The van der Waals surface area contributed by atoms with Gasteiger partial charge in [-0.1, -0.05) is 13.0 Å². The summed E-state index contributed by atoms with van der Waals surface area (Å²) >= 11 is 0. The molecule has 0 fully saturated rings. The van der Waals surface area contributed by atoms with Crippen LogP contribution in [0.5, 0.6) is 5.75 Å². The molecule has 0 saturated carbocycles. The Kier molecular flexibility index (Phi) is 3.11. The third-order valence-electron chi connectivity index (χ3n) is 3.26. The Morgan fingerprint density at radius 1 is 1.29 bits per heavy atom. The number of nitrogens with two attached hydrogens (primary N) is 1. The van der Waals surface area contributed by atoms with Crippen molar-refractivity contribution in [2.24, 2.45) is 5.73 Å². The van der Waals surface area contributed by atoms with Crippen molar-refractivity contribution in [2.75, 3.05) is 6.54 Å². The van der Waals surface area contributed by atoms with E-state index in [0.29, 0.717) is 24.3 Å². The van der Waals surface area contributed by atoms with E-state index in [1.165, 1.54) is 5.69 Å². The van der Waals surface area contributed by atoms with Crippen LogP contribution in [0.1, 0.15) is 38.4 Å². The van der Waals surface area contributed by atoms with E-state index in [1.807, 2.05) is 12.1 Å². The van der Waals surface area contributed by atoms with Gasteiger partial charge in [0, 0.05) is 29.6 Å². The summed E-state index contributed by atoms with van der Waals surface area (Å²) in [5.41, 5.74) is 8.03. The van der Waals surface area contributed by atoms with Gasteiger partial charge < -0.3 is 15.4 Å². The Hall–Kier alpha value is -1.48. The topological polar surface area (TPSA) is 51.2 Å². The highest BCUT2D eigenvalue weighted by Crippen LogP contribution is 2.33. The van der Waals surface area contributed by atoms with E-state index in [1.54, 1.807) is 6.07 Å². The minimum atomic E-state index is 0.296. The first-order valence-electron chi connectivity index (χ1n) is 6.09. The number of nitrogens with zero attached hydrogens (tertiary/aromatic N) is 1. The third kappa shape index (κ3) is 1.91. The normalized spacial score (nSPS) is 13.5. The molecule has 0 amide bonds. The lowest BCUT2D eigenvalue weighted by molar-refractivity contribution is 0.481. The highest BCUT2D eigenvalue weighted by Gasteiger charge is 2.16. The van der Waals surface area contributed by atoms with Crippen LogP contribution in [0.25, 0.3) is 10.9 Å². The van der Waals surface area contributed by atoms with E-state index >= 15 is 0 Å².